The number of benzene rings is 3. The van der Waals surface area contributed by atoms with E-state index in [4.69, 9.17) is 9.72 Å². The first-order valence-corrected chi connectivity index (χ1v) is 13.8. The Morgan fingerprint density at radius 3 is 2.25 bits per heavy atom. The van der Waals surface area contributed by atoms with Crippen LogP contribution in [0, 0.1) is 6.92 Å². The largest absolute Gasteiger partial charge is 0.379 e. The molecule has 3 aromatic carbocycles. The molecule has 4 aromatic rings. The van der Waals surface area contributed by atoms with E-state index >= 15 is 0 Å². The molecule has 9 heteroatoms. The Morgan fingerprint density at radius 1 is 0.917 bits per heavy atom. The normalized spacial score (nSPS) is 14.5. The number of aromatic nitrogens is 1. The van der Waals surface area contributed by atoms with Gasteiger partial charge in [-0.15, -0.1) is 0 Å². The van der Waals surface area contributed by atoms with E-state index in [2.05, 4.69) is 5.32 Å². The molecule has 0 atom stereocenters. The lowest BCUT2D eigenvalue weighted by Crippen LogP contribution is -2.40. The van der Waals surface area contributed by atoms with Gasteiger partial charge >= 0.3 is 0 Å². The van der Waals surface area contributed by atoms with Gasteiger partial charge in [-0.1, -0.05) is 71.5 Å². The van der Waals surface area contributed by atoms with E-state index < -0.39 is 10.0 Å². The molecule has 0 bridgehead atoms. The number of carbonyl (C=O) groups excluding carboxylic acids is 1. The monoisotopic (exact) mass is 519 g/mol. The van der Waals surface area contributed by atoms with Crippen LogP contribution in [0.25, 0.3) is 21.7 Å². The van der Waals surface area contributed by atoms with Crippen LogP contribution in [0.4, 0.5) is 5.13 Å². The Morgan fingerprint density at radius 2 is 1.58 bits per heavy atom. The molecule has 1 amide bonds. The zero-order valence-corrected chi connectivity index (χ0v) is 21.3. The highest BCUT2D eigenvalue weighted by molar-refractivity contribution is 7.89. The highest BCUT2D eigenvalue weighted by Gasteiger charge is 2.26. The van der Waals surface area contributed by atoms with Gasteiger partial charge in [-0.2, -0.15) is 4.31 Å². The van der Waals surface area contributed by atoms with Crippen molar-refractivity contribution in [1.29, 1.82) is 0 Å². The quantitative estimate of drug-likeness (QED) is 0.385. The number of nitrogens with zero attached hydrogens (tertiary/aromatic N) is 2. The predicted octanol–water partition coefficient (Wildman–Crippen LogP) is 5.06. The minimum atomic E-state index is -3.62. The minimum absolute atomic E-state index is 0.156. The van der Waals surface area contributed by atoms with E-state index in [0.717, 1.165) is 27.3 Å². The van der Waals surface area contributed by atoms with E-state index in [1.165, 1.54) is 39.9 Å². The second kappa shape index (κ2) is 10.3. The molecule has 1 fully saturated rings. The predicted molar refractivity (Wildman–Crippen MR) is 142 cm³/mol. The van der Waals surface area contributed by atoms with Crippen molar-refractivity contribution in [1.82, 2.24) is 9.29 Å². The van der Waals surface area contributed by atoms with Gasteiger partial charge < -0.3 is 4.74 Å². The summed E-state index contributed by atoms with van der Waals surface area (Å²) in [6.07, 6.45) is 0. The highest BCUT2D eigenvalue weighted by atomic mass is 32.2. The average Bonchev–Trinajstić information content (AvgIpc) is 3.34. The fraction of sp³-hybridized carbons (Fsp3) is 0.185. The number of sulfonamides is 1. The third-order valence-electron chi connectivity index (χ3n) is 5.93. The van der Waals surface area contributed by atoms with Crippen LogP contribution in [0.3, 0.4) is 0 Å². The number of amides is 1. The lowest BCUT2D eigenvalue weighted by molar-refractivity contribution is 0.0730. The van der Waals surface area contributed by atoms with E-state index in [0.29, 0.717) is 37.0 Å². The van der Waals surface area contributed by atoms with Crippen molar-refractivity contribution in [3.63, 3.8) is 0 Å². The summed E-state index contributed by atoms with van der Waals surface area (Å²) in [4.78, 5) is 18.9. The lowest BCUT2D eigenvalue weighted by Gasteiger charge is -2.26. The van der Waals surface area contributed by atoms with Crippen LogP contribution in [0.15, 0.2) is 83.8 Å². The zero-order chi connectivity index (χ0) is 25.1. The molecule has 184 valence electrons. The zero-order valence-electron chi connectivity index (χ0n) is 19.7. The summed E-state index contributed by atoms with van der Waals surface area (Å²) in [5, 5.41) is 3.36. The second-order valence-corrected chi connectivity index (χ2v) is 11.4. The van der Waals surface area contributed by atoms with E-state index in [1.54, 1.807) is 0 Å². The number of rotatable bonds is 6. The van der Waals surface area contributed by atoms with E-state index in [9.17, 15) is 13.2 Å². The maximum absolute atomic E-state index is 13.0. The molecular formula is C27H25N3O4S2. The molecular weight excluding hydrogens is 494 g/mol. The summed E-state index contributed by atoms with van der Waals surface area (Å²) in [6, 6.07) is 24.0. The molecule has 1 N–H and O–H groups in total. The van der Waals surface area contributed by atoms with Gasteiger partial charge in [0, 0.05) is 24.2 Å². The number of aryl methyl sites for hydroxylation is 1. The summed E-state index contributed by atoms with van der Waals surface area (Å²) >= 11 is 1.40. The van der Waals surface area contributed by atoms with Crippen molar-refractivity contribution in [2.45, 2.75) is 11.8 Å². The van der Waals surface area contributed by atoms with Gasteiger partial charge in [0.15, 0.2) is 5.13 Å². The lowest BCUT2D eigenvalue weighted by atomic mass is 10.1. The van der Waals surface area contributed by atoms with Crippen LogP contribution in [0.1, 0.15) is 15.9 Å². The molecule has 0 unspecified atom stereocenters. The van der Waals surface area contributed by atoms with Gasteiger partial charge in [0.25, 0.3) is 5.91 Å². The Hall–Kier alpha value is -3.37. The number of anilines is 1. The summed E-state index contributed by atoms with van der Waals surface area (Å²) in [6.45, 7) is 3.43. The first kappa shape index (κ1) is 24.3. The molecule has 0 spiro atoms. The third-order valence-corrected chi connectivity index (χ3v) is 8.87. The van der Waals surface area contributed by atoms with Gasteiger partial charge in [-0.05, 0) is 36.8 Å². The van der Waals surface area contributed by atoms with Crippen LogP contribution < -0.4 is 5.32 Å². The summed E-state index contributed by atoms with van der Waals surface area (Å²) in [7, 11) is -3.62. The Labute approximate surface area is 214 Å². The van der Waals surface area contributed by atoms with Crippen LogP contribution in [-0.2, 0) is 14.8 Å². The Kier molecular flexibility index (Phi) is 6.97. The van der Waals surface area contributed by atoms with Crippen molar-refractivity contribution in [2.75, 3.05) is 31.6 Å². The van der Waals surface area contributed by atoms with Crippen LogP contribution in [0.5, 0.6) is 0 Å². The van der Waals surface area contributed by atoms with Gasteiger partial charge in [0.05, 0.1) is 28.7 Å². The fourth-order valence-electron chi connectivity index (χ4n) is 3.95. The fourth-order valence-corrected chi connectivity index (χ4v) is 6.35. The first-order valence-electron chi connectivity index (χ1n) is 11.5. The summed E-state index contributed by atoms with van der Waals surface area (Å²) < 4.78 is 32.4. The second-order valence-electron chi connectivity index (χ2n) is 8.42. The summed E-state index contributed by atoms with van der Waals surface area (Å²) in [5.74, 6) is -0.353. The molecule has 0 aliphatic carbocycles. The molecule has 7 nitrogen and oxygen atoms in total. The third kappa shape index (κ3) is 5.10. The summed E-state index contributed by atoms with van der Waals surface area (Å²) in [5.41, 5.74) is 4.29. The molecule has 0 saturated carbocycles. The van der Waals surface area contributed by atoms with Gasteiger partial charge in [-0.3, -0.25) is 10.1 Å². The number of thiazole rings is 1. The number of morpholine rings is 1. The number of nitrogens with one attached hydrogen (secondary N) is 1. The maximum atomic E-state index is 13.0. The molecule has 1 aliphatic rings. The number of hydrogen-bond donors (Lipinski definition) is 1. The van der Waals surface area contributed by atoms with Crippen molar-refractivity contribution in [3.8, 4) is 21.7 Å². The van der Waals surface area contributed by atoms with Crippen LogP contribution in [-0.4, -0.2) is 49.9 Å². The SMILES string of the molecule is Cc1ccc(-c2nc(NC(=O)c3ccc(S(=O)(=O)N4CCOCC4)cc3)sc2-c2ccccc2)cc1. The van der Waals surface area contributed by atoms with Gasteiger partial charge in [0.1, 0.15) is 0 Å². The number of hydrogen-bond acceptors (Lipinski definition) is 6. The number of ether oxygens (including phenoxy) is 1. The standard InChI is InChI=1S/C27H25N3O4S2/c1-19-7-9-20(10-8-19)24-25(21-5-3-2-4-6-21)35-27(28-24)29-26(31)22-11-13-23(14-12-22)36(32,33)30-15-17-34-18-16-30/h2-14H,15-18H2,1H3,(H,28,29,31). The maximum Gasteiger partial charge on any atom is 0.257 e. The Balaban J connectivity index is 1.39. The van der Waals surface area contributed by atoms with Crippen LogP contribution in [0.2, 0.25) is 0 Å². The molecule has 36 heavy (non-hydrogen) atoms. The highest BCUT2D eigenvalue weighted by Crippen LogP contribution is 2.39. The Bertz CT molecular complexity index is 1460. The topological polar surface area (TPSA) is 88.6 Å². The molecule has 1 aromatic heterocycles. The average molecular weight is 520 g/mol. The van der Waals surface area contributed by atoms with E-state index in [1.807, 2.05) is 61.5 Å². The minimum Gasteiger partial charge on any atom is -0.379 e. The molecule has 2 heterocycles. The number of carbonyl (C=O) groups is 1. The molecule has 1 saturated heterocycles. The smallest absolute Gasteiger partial charge is 0.257 e. The van der Waals surface area contributed by atoms with Gasteiger partial charge in [-0.25, -0.2) is 13.4 Å². The van der Waals surface area contributed by atoms with E-state index in [-0.39, 0.29) is 10.8 Å². The van der Waals surface area contributed by atoms with Crippen molar-refractivity contribution in [2.24, 2.45) is 0 Å². The van der Waals surface area contributed by atoms with Crippen molar-refractivity contribution < 1.29 is 17.9 Å². The molecule has 0 radical (unpaired) electrons. The van der Waals surface area contributed by atoms with Crippen LogP contribution >= 0.6 is 11.3 Å². The first-order chi connectivity index (χ1) is 17.4. The van der Waals surface area contributed by atoms with Crippen molar-refractivity contribution in [3.05, 3.63) is 90.0 Å². The molecule has 5 rings (SSSR count). The van der Waals surface area contributed by atoms with Crippen molar-refractivity contribution >= 4 is 32.4 Å². The van der Waals surface area contributed by atoms with Gasteiger partial charge in [0.2, 0.25) is 10.0 Å². The molecule has 1 aliphatic heterocycles.